The van der Waals surface area contributed by atoms with E-state index in [0.29, 0.717) is 0 Å². The molecule has 7 heteroatoms. The number of anilines is 6. The van der Waals surface area contributed by atoms with Crippen molar-refractivity contribution in [3.8, 4) is 0 Å². The zero-order chi connectivity index (χ0) is 48.6. The molecule has 0 amide bonds. The highest BCUT2D eigenvalue weighted by molar-refractivity contribution is 7.35. The van der Waals surface area contributed by atoms with Gasteiger partial charge in [0.25, 0.3) is 6.71 Å². The van der Waals surface area contributed by atoms with Crippen molar-refractivity contribution in [3.05, 3.63) is 187 Å². The molecule has 0 bridgehead atoms. The molecule has 0 aliphatic carbocycles. The van der Waals surface area contributed by atoms with Gasteiger partial charge >= 0.3 is 0 Å². The number of para-hydroxylation sites is 4. The average molecular weight is 971 g/mol. The fraction of sp³-hybridized carbons (Fsp3) is 0.121. The van der Waals surface area contributed by atoms with Crippen LogP contribution in [0.2, 0.25) is 0 Å². The summed E-state index contributed by atoms with van der Waals surface area (Å²) in [6, 6.07) is 67.6. The highest BCUT2D eigenvalue weighted by atomic mass is 32.1. The molecular formula is C66H47BN4S2. The molecule has 0 unspecified atom stereocenters. The summed E-state index contributed by atoms with van der Waals surface area (Å²) in [5, 5.41) is 14.3. The van der Waals surface area contributed by atoms with Crippen molar-refractivity contribution < 1.29 is 0 Å². The summed E-state index contributed by atoms with van der Waals surface area (Å²) in [6.45, 7) is 14.2. The predicted molar refractivity (Wildman–Crippen MR) is 318 cm³/mol. The minimum Gasteiger partial charge on any atom is -0.310 e. The molecule has 8 heterocycles. The van der Waals surface area contributed by atoms with Crippen molar-refractivity contribution in [2.75, 3.05) is 9.80 Å². The van der Waals surface area contributed by atoms with Gasteiger partial charge in [-0.15, -0.1) is 22.7 Å². The molecule has 2 aliphatic rings. The topological polar surface area (TPSA) is 15.3 Å². The molecule has 0 fully saturated rings. The molecule has 0 saturated carbocycles. The van der Waals surface area contributed by atoms with Crippen molar-refractivity contribution in [1.29, 1.82) is 0 Å². The molecule has 2 aliphatic heterocycles. The van der Waals surface area contributed by atoms with E-state index in [1.165, 1.54) is 157 Å². The van der Waals surface area contributed by atoms with Crippen molar-refractivity contribution in [1.82, 2.24) is 8.80 Å². The van der Waals surface area contributed by atoms with E-state index in [9.17, 15) is 0 Å². The van der Waals surface area contributed by atoms with Crippen LogP contribution in [0, 0.1) is 0 Å². The van der Waals surface area contributed by atoms with E-state index in [4.69, 9.17) is 0 Å². The van der Waals surface area contributed by atoms with E-state index in [0.717, 1.165) is 0 Å². The van der Waals surface area contributed by atoms with E-state index in [2.05, 4.69) is 236 Å². The van der Waals surface area contributed by atoms with Gasteiger partial charge < -0.3 is 18.6 Å². The number of hydrogen-bond donors (Lipinski definition) is 0. The zero-order valence-corrected chi connectivity index (χ0v) is 43.1. The zero-order valence-electron chi connectivity index (χ0n) is 41.4. The van der Waals surface area contributed by atoms with Gasteiger partial charge in [-0.2, -0.15) is 0 Å². The Morgan fingerprint density at radius 2 is 0.959 bits per heavy atom. The van der Waals surface area contributed by atoms with E-state index in [-0.39, 0.29) is 17.5 Å². The molecule has 73 heavy (non-hydrogen) atoms. The molecule has 346 valence electrons. The molecule has 17 rings (SSSR count). The summed E-state index contributed by atoms with van der Waals surface area (Å²) in [4.78, 5) is 5.33. The molecule has 6 aromatic heterocycles. The van der Waals surface area contributed by atoms with Crippen LogP contribution in [0.3, 0.4) is 0 Å². The van der Waals surface area contributed by atoms with Gasteiger partial charge in [0.1, 0.15) is 0 Å². The summed E-state index contributed by atoms with van der Waals surface area (Å²) < 4.78 is 9.15. The Kier molecular flexibility index (Phi) is 7.59. The third-order valence-corrected chi connectivity index (χ3v) is 19.3. The summed E-state index contributed by atoms with van der Waals surface area (Å²) in [7, 11) is 0. The summed E-state index contributed by atoms with van der Waals surface area (Å²) >= 11 is 3.99. The lowest BCUT2D eigenvalue weighted by Crippen LogP contribution is -2.60. The van der Waals surface area contributed by atoms with Gasteiger partial charge in [-0.05, 0) is 105 Å². The highest BCUT2D eigenvalue weighted by Gasteiger charge is 2.47. The number of rotatable bonds is 2. The number of nitrogens with zero attached hydrogens (tertiary/aromatic N) is 4. The molecule has 0 atom stereocenters. The van der Waals surface area contributed by atoms with Gasteiger partial charge in [-0.3, -0.25) is 0 Å². The maximum Gasteiger partial charge on any atom is 0.266 e. The van der Waals surface area contributed by atoms with Crippen LogP contribution in [0.25, 0.3) is 96.4 Å². The molecule has 0 spiro atoms. The van der Waals surface area contributed by atoms with Crippen LogP contribution in [0.1, 0.15) is 52.7 Å². The molecule has 9 aromatic carbocycles. The minimum absolute atomic E-state index is 0.0105. The molecule has 0 saturated heterocycles. The fourth-order valence-corrected chi connectivity index (χ4v) is 16.6. The summed E-state index contributed by atoms with van der Waals surface area (Å²) in [6.07, 6.45) is 0. The average Bonchev–Trinajstić information content (AvgIpc) is 4.26. The minimum atomic E-state index is -0.0483. The SMILES string of the molecule is CC(C)(C)c1ccc2sc3c(c2c1)N(c1cc2c4ccccc4n4c5ccccc5c(c1)c24)c1cccc2c1B3c1c(sc3c(C(C)(C)C)cccc13)N2c1ccc2c3cccc4c5ccccc5n(c2c1)c43. The molecule has 0 N–H and O–H groups in total. The van der Waals surface area contributed by atoms with Crippen molar-refractivity contribution in [2.45, 2.75) is 52.4 Å². The Morgan fingerprint density at radius 1 is 0.397 bits per heavy atom. The van der Waals surface area contributed by atoms with Crippen LogP contribution in [-0.4, -0.2) is 15.5 Å². The van der Waals surface area contributed by atoms with Crippen molar-refractivity contribution >= 4 is 175 Å². The maximum atomic E-state index is 2.68. The van der Waals surface area contributed by atoms with Crippen molar-refractivity contribution in [3.63, 3.8) is 0 Å². The Bertz CT molecular complexity index is 4830. The first-order valence-electron chi connectivity index (χ1n) is 25.7. The Morgan fingerprint density at radius 3 is 1.63 bits per heavy atom. The second-order valence-corrected chi connectivity index (χ2v) is 24.9. The third kappa shape index (κ3) is 5.07. The number of hydrogen-bond acceptors (Lipinski definition) is 4. The lowest BCUT2D eigenvalue weighted by molar-refractivity contribution is 0.591. The lowest BCUT2D eigenvalue weighted by Gasteiger charge is -2.42. The monoisotopic (exact) mass is 970 g/mol. The third-order valence-electron chi connectivity index (χ3n) is 16.8. The predicted octanol–water partition coefficient (Wildman–Crippen LogP) is 17.1. The van der Waals surface area contributed by atoms with Crippen LogP contribution < -0.4 is 25.5 Å². The lowest BCUT2D eigenvalue weighted by atomic mass is 9.36. The van der Waals surface area contributed by atoms with Crippen LogP contribution in [0.5, 0.6) is 0 Å². The van der Waals surface area contributed by atoms with Gasteiger partial charge in [-0.25, -0.2) is 0 Å². The molecule has 4 nitrogen and oxygen atoms in total. The van der Waals surface area contributed by atoms with E-state index < -0.39 is 0 Å². The van der Waals surface area contributed by atoms with Gasteiger partial charge in [-0.1, -0.05) is 151 Å². The molecular weight excluding hydrogens is 924 g/mol. The van der Waals surface area contributed by atoms with Gasteiger partial charge in [0.2, 0.25) is 0 Å². The van der Waals surface area contributed by atoms with E-state index in [1.54, 1.807) is 0 Å². The van der Waals surface area contributed by atoms with Gasteiger partial charge in [0.15, 0.2) is 0 Å². The largest absolute Gasteiger partial charge is 0.310 e. The van der Waals surface area contributed by atoms with E-state index in [1.807, 2.05) is 22.7 Å². The Hall–Kier alpha value is -7.84. The van der Waals surface area contributed by atoms with Crippen LogP contribution in [0.4, 0.5) is 33.4 Å². The second kappa shape index (κ2) is 13.6. The Labute approximate surface area is 430 Å². The quantitative estimate of drug-likeness (QED) is 0.160. The first-order chi connectivity index (χ1) is 35.5. The molecule has 15 aromatic rings. The standard InChI is InChI=1S/C66H47BN4S2/c1-65(2,3)36-28-31-56-48(32-36)61-63(72-56)67-57-45-21-14-22-49(66(4,5)6)62(45)73-64(57)69(37-29-30-42-44-20-13-19-43-39-16-7-10-23-50(39)71(59(43)44)55(42)35-37)54-27-15-26-53(58(54)67)68(61)38-33-46-40-17-8-11-24-51(40)70-52-25-12-9-18-41(52)47(34-38)60(46)70/h7-35H,1-6H3. The fourth-order valence-electron chi connectivity index (χ4n) is 13.7. The van der Waals surface area contributed by atoms with Gasteiger partial charge in [0, 0.05) is 85.4 Å². The smallest absolute Gasteiger partial charge is 0.266 e. The first-order valence-corrected chi connectivity index (χ1v) is 27.3. The number of benzene rings is 9. The van der Waals surface area contributed by atoms with E-state index >= 15 is 0 Å². The number of thiophene rings is 2. The summed E-state index contributed by atoms with van der Waals surface area (Å²) in [5.74, 6) is 0. The Balaban J connectivity index is 1.01. The number of fused-ring (bicyclic) bond motifs is 20. The van der Waals surface area contributed by atoms with Crippen LogP contribution >= 0.6 is 22.7 Å². The summed E-state index contributed by atoms with van der Waals surface area (Å²) in [5.41, 5.74) is 19.2. The first kappa shape index (κ1) is 40.7. The van der Waals surface area contributed by atoms with Crippen LogP contribution in [-0.2, 0) is 10.8 Å². The van der Waals surface area contributed by atoms with Gasteiger partial charge in [0.05, 0.1) is 43.8 Å². The second-order valence-electron chi connectivity index (χ2n) is 22.9. The highest BCUT2D eigenvalue weighted by Crippen LogP contribution is 2.54. The normalized spacial score (nSPS) is 14.1. The van der Waals surface area contributed by atoms with Crippen LogP contribution in [0.15, 0.2) is 176 Å². The molecule has 0 radical (unpaired) electrons. The number of aromatic nitrogens is 2. The van der Waals surface area contributed by atoms with Crippen molar-refractivity contribution in [2.24, 2.45) is 0 Å². The maximum absolute atomic E-state index is 2.68.